The van der Waals surface area contributed by atoms with E-state index in [1.807, 2.05) is 68.4 Å². The predicted molar refractivity (Wildman–Crippen MR) is 101 cm³/mol. The lowest BCUT2D eigenvalue weighted by Gasteiger charge is -2.11. The van der Waals surface area contributed by atoms with Crippen molar-refractivity contribution in [2.45, 2.75) is 26.7 Å². The molecule has 1 N–H and O–H groups in total. The van der Waals surface area contributed by atoms with Crippen molar-refractivity contribution in [3.8, 4) is 17.2 Å². The van der Waals surface area contributed by atoms with E-state index in [1.165, 1.54) is 0 Å². The molecule has 0 aliphatic heterocycles. The Hall–Kier alpha value is -3.08. The van der Waals surface area contributed by atoms with Gasteiger partial charge in [-0.05, 0) is 37.6 Å². The molecular weight excluding hydrogens is 328 g/mol. The zero-order valence-corrected chi connectivity index (χ0v) is 15.0. The van der Waals surface area contributed by atoms with Gasteiger partial charge < -0.3 is 14.5 Å². The van der Waals surface area contributed by atoms with Gasteiger partial charge >= 0.3 is 0 Å². The normalized spacial score (nSPS) is 10.5. The zero-order valence-electron chi connectivity index (χ0n) is 15.0. The standard InChI is InChI=1S/C21H22N2O3/c1-3-13-25-19-12-8-7-11-17(19)22-20(24)14-18-15(2)26-21(23-18)16-9-5-4-6-10-16/h4-12H,3,13-14H2,1-2H3,(H,22,24). The number of aryl methyl sites for hydroxylation is 1. The highest BCUT2D eigenvalue weighted by atomic mass is 16.5. The van der Waals surface area contributed by atoms with Gasteiger partial charge in [-0.15, -0.1) is 0 Å². The summed E-state index contributed by atoms with van der Waals surface area (Å²) >= 11 is 0. The lowest BCUT2D eigenvalue weighted by molar-refractivity contribution is -0.115. The van der Waals surface area contributed by atoms with Crippen molar-refractivity contribution >= 4 is 11.6 Å². The highest BCUT2D eigenvalue weighted by Gasteiger charge is 2.15. The molecule has 0 fully saturated rings. The first-order valence-electron chi connectivity index (χ1n) is 8.70. The molecule has 0 radical (unpaired) electrons. The molecule has 2 aromatic carbocycles. The van der Waals surface area contributed by atoms with Gasteiger partial charge in [-0.2, -0.15) is 0 Å². The third kappa shape index (κ3) is 4.30. The summed E-state index contributed by atoms with van der Waals surface area (Å²) < 4.78 is 11.4. The number of nitrogens with one attached hydrogen (secondary N) is 1. The van der Waals surface area contributed by atoms with Crippen LogP contribution in [0.2, 0.25) is 0 Å². The summed E-state index contributed by atoms with van der Waals surface area (Å²) in [5.74, 6) is 1.69. The zero-order chi connectivity index (χ0) is 18.4. The van der Waals surface area contributed by atoms with Gasteiger partial charge in [0.15, 0.2) is 0 Å². The van der Waals surface area contributed by atoms with Gasteiger partial charge in [0.25, 0.3) is 0 Å². The number of rotatable bonds is 7. The number of para-hydroxylation sites is 2. The number of ether oxygens (including phenoxy) is 1. The van der Waals surface area contributed by atoms with E-state index >= 15 is 0 Å². The van der Waals surface area contributed by atoms with E-state index in [0.717, 1.165) is 12.0 Å². The fourth-order valence-corrected chi connectivity index (χ4v) is 2.55. The number of hydrogen-bond acceptors (Lipinski definition) is 4. The van der Waals surface area contributed by atoms with Crippen LogP contribution in [0.5, 0.6) is 5.75 Å². The molecule has 5 heteroatoms. The number of amides is 1. The third-order valence-corrected chi connectivity index (χ3v) is 3.86. The van der Waals surface area contributed by atoms with E-state index in [4.69, 9.17) is 9.15 Å². The van der Waals surface area contributed by atoms with Gasteiger partial charge in [-0.25, -0.2) is 4.98 Å². The van der Waals surface area contributed by atoms with Crippen molar-refractivity contribution in [2.75, 3.05) is 11.9 Å². The van der Waals surface area contributed by atoms with E-state index in [2.05, 4.69) is 10.3 Å². The van der Waals surface area contributed by atoms with Gasteiger partial charge in [-0.3, -0.25) is 4.79 Å². The molecule has 0 unspecified atom stereocenters. The molecule has 3 aromatic rings. The Labute approximate surface area is 153 Å². The Kier molecular flexibility index (Phi) is 5.69. The number of benzene rings is 2. The highest BCUT2D eigenvalue weighted by molar-refractivity contribution is 5.93. The van der Waals surface area contributed by atoms with E-state index < -0.39 is 0 Å². The fraction of sp³-hybridized carbons (Fsp3) is 0.238. The minimum Gasteiger partial charge on any atom is -0.491 e. The molecule has 1 amide bonds. The Morgan fingerprint density at radius 1 is 1.12 bits per heavy atom. The summed E-state index contributed by atoms with van der Waals surface area (Å²) in [5, 5.41) is 2.90. The van der Waals surface area contributed by atoms with Crippen molar-refractivity contribution in [3.05, 3.63) is 66.1 Å². The largest absolute Gasteiger partial charge is 0.491 e. The monoisotopic (exact) mass is 350 g/mol. The lowest BCUT2D eigenvalue weighted by Crippen LogP contribution is -2.16. The van der Waals surface area contributed by atoms with E-state index in [9.17, 15) is 4.79 Å². The lowest BCUT2D eigenvalue weighted by atomic mass is 10.2. The third-order valence-electron chi connectivity index (χ3n) is 3.86. The summed E-state index contributed by atoms with van der Waals surface area (Å²) in [6, 6.07) is 17.1. The molecule has 0 bridgehead atoms. The summed E-state index contributed by atoms with van der Waals surface area (Å²) in [5.41, 5.74) is 2.18. The minimum atomic E-state index is -0.159. The second-order valence-corrected chi connectivity index (χ2v) is 5.96. The van der Waals surface area contributed by atoms with E-state index in [0.29, 0.717) is 35.4 Å². The van der Waals surface area contributed by atoms with Crippen molar-refractivity contribution in [1.29, 1.82) is 0 Å². The van der Waals surface area contributed by atoms with Crippen molar-refractivity contribution < 1.29 is 13.9 Å². The average Bonchev–Trinajstić information content (AvgIpc) is 3.02. The van der Waals surface area contributed by atoms with Crippen molar-refractivity contribution in [3.63, 3.8) is 0 Å². The summed E-state index contributed by atoms with van der Waals surface area (Å²) in [6.07, 6.45) is 1.05. The van der Waals surface area contributed by atoms with Crippen molar-refractivity contribution in [1.82, 2.24) is 4.98 Å². The number of hydrogen-bond donors (Lipinski definition) is 1. The van der Waals surface area contributed by atoms with E-state index in [-0.39, 0.29) is 12.3 Å². The fourth-order valence-electron chi connectivity index (χ4n) is 2.55. The number of oxazole rings is 1. The number of nitrogens with zero attached hydrogens (tertiary/aromatic N) is 1. The highest BCUT2D eigenvalue weighted by Crippen LogP contribution is 2.25. The molecule has 0 spiro atoms. The number of aromatic nitrogens is 1. The Morgan fingerprint density at radius 2 is 1.85 bits per heavy atom. The van der Waals surface area contributed by atoms with Crippen LogP contribution in [0.1, 0.15) is 24.8 Å². The Bertz CT molecular complexity index is 872. The molecule has 5 nitrogen and oxygen atoms in total. The molecule has 0 saturated heterocycles. The van der Waals surface area contributed by atoms with Crippen LogP contribution in [0.25, 0.3) is 11.5 Å². The average molecular weight is 350 g/mol. The van der Waals surface area contributed by atoms with Crippen LogP contribution in [0, 0.1) is 6.92 Å². The molecule has 3 rings (SSSR count). The van der Waals surface area contributed by atoms with Gasteiger partial charge in [0.05, 0.1) is 24.4 Å². The van der Waals surface area contributed by atoms with Crippen LogP contribution >= 0.6 is 0 Å². The van der Waals surface area contributed by atoms with Crippen LogP contribution in [0.3, 0.4) is 0 Å². The molecule has 0 saturated carbocycles. The molecule has 0 atom stereocenters. The van der Waals surface area contributed by atoms with Gasteiger partial charge in [0, 0.05) is 5.56 Å². The number of carbonyl (C=O) groups excluding carboxylic acids is 1. The topological polar surface area (TPSA) is 64.4 Å². The van der Waals surface area contributed by atoms with E-state index in [1.54, 1.807) is 0 Å². The maximum Gasteiger partial charge on any atom is 0.230 e. The second kappa shape index (κ2) is 8.34. The van der Waals surface area contributed by atoms with Crippen LogP contribution in [0.4, 0.5) is 5.69 Å². The molecule has 0 aliphatic rings. The van der Waals surface area contributed by atoms with Gasteiger partial charge in [0.1, 0.15) is 11.5 Å². The minimum absolute atomic E-state index is 0.143. The summed E-state index contributed by atoms with van der Waals surface area (Å²) in [4.78, 5) is 16.9. The second-order valence-electron chi connectivity index (χ2n) is 5.96. The number of anilines is 1. The molecule has 1 heterocycles. The Morgan fingerprint density at radius 3 is 2.62 bits per heavy atom. The maximum atomic E-state index is 12.5. The first kappa shape index (κ1) is 17.7. The quantitative estimate of drug-likeness (QED) is 0.675. The first-order valence-corrected chi connectivity index (χ1v) is 8.70. The Balaban J connectivity index is 1.70. The molecule has 1 aromatic heterocycles. The van der Waals surface area contributed by atoms with Crippen LogP contribution in [-0.4, -0.2) is 17.5 Å². The van der Waals surface area contributed by atoms with Crippen molar-refractivity contribution in [2.24, 2.45) is 0 Å². The SMILES string of the molecule is CCCOc1ccccc1NC(=O)Cc1nc(-c2ccccc2)oc1C. The first-order chi connectivity index (χ1) is 12.7. The molecular formula is C21H22N2O3. The molecule has 26 heavy (non-hydrogen) atoms. The maximum absolute atomic E-state index is 12.5. The van der Waals surface area contributed by atoms with Crippen LogP contribution < -0.4 is 10.1 Å². The predicted octanol–water partition coefficient (Wildman–Crippen LogP) is 4.62. The van der Waals surface area contributed by atoms with Crippen LogP contribution in [0.15, 0.2) is 59.0 Å². The van der Waals surface area contributed by atoms with Gasteiger partial charge in [0.2, 0.25) is 11.8 Å². The summed E-state index contributed by atoms with van der Waals surface area (Å²) in [7, 11) is 0. The van der Waals surface area contributed by atoms with Gasteiger partial charge in [-0.1, -0.05) is 37.3 Å². The number of carbonyl (C=O) groups is 1. The molecule has 0 aliphatic carbocycles. The smallest absolute Gasteiger partial charge is 0.230 e. The molecule has 134 valence electrons. The van der Waals surface area contributed by atoms with Crippen LogP contribution in [-0.2, 0) is 11.2 Å². The summed E-state index contributed by atoms with van der Waals surface area (Å²) in [6.45, 7) is 4.47.